The van der Waals surface area contributed by atoms with Gasteiger partial charge in [0.25, 0.3) is 0 Å². The number of ether oxygens (including phenoxy) is 1. The smallest absolute Gasteiger partial charge is 0.328 e. The van der Waals surface area contributed by atoms with Crippen LogP contribution in [0.3, 0.4) is 0 Å². The van der Waals surface area contributed by atoms with Crippen LogP contribution >= 0.6 is 22.9 Å². The van der Waals surface area contributed by atoms with Crippen LogP contribution < -0.4 is 5.73 Å². The van der Waals surface area contributed by atoms with Gasteiger partial charge in [0.05, 0.1) is 16.2 Å². The summed E-state index contributed by atoms with van der Waals surface area (Å²) in [6.07, 6.45) is 3.05. The molecule has 2 heterocycles. The van der Waals surface area contributed by atoms with Crippen LogP contribution in [0, 0.1) is 0 Å². The highest BCUT2D eigenvalue weighted by atomic mass is 35.5. The zero-order chi connectivity index (χ0) is 12.3. The number of nitrogens with two attached hydrogens (primary N) is 1. The van der Waals surface area contributed by atoms with Gasteiger partial charge in [-0.2, -0.15) is 5.10 Å². The van der Waals surface area contributed by atoms with Crippen LogP contribution in [0.4, 0.5) is 5.69 Å². The van der Waals surface area contributed by atoms with Crippen molar-refractivity contribution in [2.45, 2.75) is 13.2 Å². The van der Waals surface area contributed by atoms with Crippen LogP contribution in [0.15, 0.2) is 24.5 Å². The molecule has 90 valence electrons. The van der Waals surface area contributed by atoms with E-state index in [1.54, 1.807) is 12.3 Å². The quantitative estimate of drug-likeness (QED) is 0.863. The molecule has 0 spiro atoms. The van der Waals surface area contributed by atoms with Crippen molar-refractivity contribution in [2.75, 3.05) is 5.73 Å². The van der Waals surface area contributed by atoms with Crippen molar-refractivity contribution in [3.8, 4) is 0 Å². The third kappa shape index (κ3) is 3.47. The van der Waals surface area contributed by atoms with Crippen molar-refractivity contribution < 1.29 is 9.53 Å². The predicted molar refractivity (Wildman–Crippen MR) is 65.8 cm³/mol. The molecule has 2 rings (SSSR count). The van der Waals surface area contributed by atoms with Crippen LogP contribution in [0.5, 0.6) is 0 Å². The fraction of sp³-hybridized carbons (Fsp3) is 0.200. The van der Waals surface area contributed by atoms with E-state index in [9.17, 15) is 4.79 Å². The molecule has 7 heteroatoms. The maximum absolute atomic E-state index is 11.4. The monoisotopic (exact) mass is 271 g/mol. The normalized spacial score (nSPS) is 10.4. The summed E-state index contributed by atoms with van der Waals surface area (Å²) in [5, 5.41) is 3.89. The van der Waals surface area contributed by atoms with E-state index in [0.717, 1.165) is 4.88 Å². The minimum absolute atomic E-state index is 0.0519. The molecule has 5 nitrogen and oxygen atoms in total. The first-order valence-corrected chi connectivity index (χ1v) is 6.01. The van der Waals surface area contributed by atoms with Crippen LogP contribution in [0.25, 0.3) is 0 Å². The Hall–Kier alpha value is -1.53. The van der Waals surface area contributed by atoms with Gasteiger partial charge < -0.3 is 10.5 Å². The van der Waals surface area contributed by atoms with E-state index in [1.807, 2.05) is 6.07 Å². The van der Waals surface area contributed by atoms with Gasteiger partial charge in [0.2, 0.25) is 0 Å². The molecule has 0 aliphatic carbocycles. The average molecular weight is 272 g/mol. The number of hydrogen-bond acceptors (Lipinski definition) is 5. The number of nitrogen functional groups attached to an aromatic ring is 1. The Bertz CT molecular complexity index is 523. The summed E-state index contributed by atoms with van der Waals surface area (Å²) in [6, 6.07) is 3.59. The minimum atomic E-state index is -0.363. The number of thiophene rings is 1. The van der Waals surface area contributed by atoms with Gasteiger partial charge in [-0.25, -0.2) is 0 Å². The molecule has 2 N–H and O–H groups in total. The molecule has 0 aliphatic heterocycles. The topological polar surface area (TPSA) is 70.1 Å². The molecule has 0 saturated carbocycles. The van der Waals surface area contributed by atoms with Crippen molar-refractivity contribution in [3.63, 3.8) is 0 Å². The second-order valence-electron chi connectivity index (χ2n) is 3.34. The Kier molecular flexibility index (Phi) is 3.65. The molecule has 0 aliphatic rings. The fourth-order valence-electron chi connectivity index (χ4n) is 1.22. The van der Waals surface area contributed by atoms with Gasteiger partial charge in [-0.15, -0.1) is 11.3 Å². The summed E-state index contributed by atoms with van der Waals surface area (Å²) in [6.45, 7) is 0.281. The molecular weight excluding hydrogens is 262 g/mol. The maximum atomic E-state index is 11.4. The van der Waals surface area contributed by atoms with Crippen molar-refractivity contribution in [2.24, 2.45) is 0 Å². The van der Waals surface area contributed by atoms with Crippen molar-refractivity contribution >= 4 is 34.6 Å². The number of anilines is 1. The third-order valence-corrected chi connectivity index (χ3v) is 3.15. The highest BCUT2D eigenvalue weighted by Crippen LogP contribution is 2.21. The van der Waals surface area contributed by atoms with Crippen LogP contribution in [-0.4, -0.2) is 15.7 Å². The van der Waals surface area contributed by atoms with Crippen LogP contribution in [0.1, 0.15) is 4.88 Å². The van der Waals surface area contributed by atoms with Crippen molar-refractivity contribution in [1.82, 2.24) is 9.78 Å². The first-order valence-electron chi connectivity index (χ1n) is 4.81. The van der Waals surface area contributed by atoms with E-state index >= 15 is 0 Å². The second-order valence-corrected chi connectivity index (χ2v) is 5.14. The predicted octanol–water partition coefficient (Wildman–Crippen LogP) is 1.92. The van der Waals surface area contributed by atoms with E-state index in [1.165, 1.54) is 22.2 Å². The number of carbonyl (C=O) groups excluding carboxylic acids is 1. The van der Waals surface area contributed by atoms with Gasteiger partial charge >= 0.3 is 5.97 Å². The first-order chi connectivity index (χ1) is 8.13. The van der Waals surface area contributed by atoms with E-state index in [4.69, 9.17) is 22.1 Å². The van der Waals surface area contributed by atoms with Crippen molar-refractivity contribution in [1.29, 1.82) is 0 Å². The summed E-state index contributed by atoms with van der Waals surface area (Å²) in [7, 11) is 0. The molecule has 0 unspecified atom stereocenters. The summed E-state index contributed by atoms with van der Waals surface area (Å²) in [5.41, 5.74) is 5.99. The Morgan fingerprint density at radius 2 is 2.41 bits per heavy atom. The number of rotatable bonds is 4. The molecule has 0 aromatic carbocycles. The Morgan fingerprint density at radius 1 is 1.59 bits per heavy atom. The van der Waals surface area contributed by atoms with E-state index < -0.39 is 0 Å². The third-order valence-electron chi connectivity index (χ3n) is 1.95. The number of hydrogen-bond donors (Lipinski definition) is 1. The van der Waals surface area contributed by atoms with Crippen LogP contribution in [0.2, 0.25) is 4.34 Å². The van der Waals surface area contributed by atoms with E-state index in [2.05, 4.69) is 5.10 Å². The standard InChI is InChI=1S/C10H10ClN3O2S/c11-9-2-1-8(17-9)6-16-10(15)5-14-4-7(12)3-13-14/h1-4H,5-6,12H2. The lowest BCUT2D eigenvalue weighted by Crippen LogP contribution is -2.13. The summed E-state index contributed by atoms with van der Waals surface area (Å²) in [5.74, 6) is -0.363. The van der Waals surface area contributed by atoms with Gasteiger partial charge in [-0.1, -0.05) is 11.6 Å². The van der Waals surface area contributed by atoms with Gasteiger partial charge in [-0.3, -0.25) is 9.48 Å². The molecule has 2 aromatic rings. The molecule has 0 bridgehead atoms. The van der Waals surface area contributed by atoms with E-state index in [0.29, 0.717) is 10.0 Å². The van der Waals surface area contributed by atoms with Gasteiger partial charge in [-0.05, 0) is 12.1 Å². The lowest BCUT2D eigenvalue weighted by molar-refractivity contribution is -0.145. The Morgan fingerprint density at radius 3 is 3.00 bits per heavy atom. The number of nitrogens with zero attached hydrogens (tertiary/aromatic N) is 2. The zero-order valence-electron chi connectivity index (χ0n) is 8.80. The highest BCUT2D eigenvalue weighted by Gasteiger charge is 2.06. The number of carbonyl (C=O) groups is 1. The molecular formula is C10H10ClN3O2S. The van der Waals surface area contributed by atoms with Gasteiger partial charge in [0, 0.05) is 11.1 Å². The number of esters is 1. The molecule has 0 amide bonds. The Balaban J connectivity index is 1.82. The average Bonchev–Trinajstić information content (AvgIpc) is 2.85. The molecule has 0 radical (unpaired) electrons. The molecule has 0 atom stereocenters. The van der Waals surface area contributed by atoms with Gasteiger partial charge in [0.1, 0.15) is 13.2 Å². The molecule has 0 saturated heterocycles. The lowest BCUT2D eigenvalue weighted by atomic mass is 10.5. The number of aromatic nitrogens is 2. The molecule has 2 aromatic heterocycles. The second kappa shape index (κ2) is 5.20. The molecule has 17 heavy (non-hydrogen) atoms. The Labute approximate surface area is 107 Å². The SMILES string of the molecule is Nc1cnn(CC(=O)OCc2ccc(Cl)s2)c1. The number of halogens is 1. The summed E-state index contributed by atoms with van der Waals surface area (Å²) >= 11 is 7.14. The van der Waals surface area contributed by atoms with E-state index in [-0.39, 0.29) is 19.1 Å². The van der Waals surface area contributed by atoms with Crippen molar-refractivity contribution in [3.05, 3.63) is 33.7 Å². The largest absolute Gasteiger partial charge is 0.459 e. The van der Waals surface area contributed by atoms with Gasteiger partial charge in [0.15, 0.2) is 0 Å². The first kappa shape index (κ1) is 11.9. The summed E-state index contributed by atoms with van der Waals surface area (Å²) in [4.78, 5) is 12.4. The van der Waals surface area contributed by atoms with Crippen LogP contribution in [-0.2, 0) is 22.7 Å². The lowest BCUT2D eigenvalue weighted by Gasteiger charge is -2.02. The fourth-order valence-corrected chi connectivity index (χ4v) is 2.23. The zero-order valence-corrected chi connectivity index (χ0v) is 10.4. The maximum Gasteiger partial charge on any atom is 0.328 e. The minimum Gasteiger partial charge on any atom is -0.459 e. The highest BCUT2D eigenvalue weighted by molar-refractivity contribution is 7.16. The molecule has 0 fully saturated rings. The summed E-state index contributed by atoms with van der Waals surface area (Å²) < 4.78 is 7.17.